The maximum absolute atomic E-state index is 13.3. The van der Waals surface area contributed by atoms with Crippen molar-refractivity contribution in [2.75, 3.05) is 37.2 Å². The van der Waals surface area contributed by atoms with Gasteiger partial charge in [-0.15, -0.1) is 0 Å². The third-order valence-corrected chi connectivity index (χ3v) is 6.11. The second kappa shape index (κ2) is 11.6. The van der Waals surface area contributed by atoms with E-state index >= 15 is 0 Å². The highest BCUT2D eigenvalue weighted by Gasteiger charge is 2.27. The molecule has 0 aliphatic carbocycles. The van der Waals surface area contributed by atoms with Gasteiger partial charge in [0.25, 0.3) is 10.0 Å². The number of rotatable bonds is 12. The summed E-state index contributed by atoms with van der Waals surface area (Å²) in [5, 5.41) is 2.76. The molecule has 1 amide bonds. The number of carbonyl (C=O) groups excluding carboxylic acids is 1. The molecule has 0 unspecified atom stereocenters. The third kappa shape index (κ3) is 6.74. The van der Waals surface area contributed by atoms with Gasteiger partial charge in [-0.3, -0.25) is 9.10 Å². The van der Waals surface area contributed by atoms with Crippen LogP contribution in [-0.4, -0.2) is 47.2 Å². The van der Waals surface area contributed by atoms with Crippen molar-refractivity contribution in [3.05, 3.63) is 54.1 Å². The minimum atomic E-state index is -3.94. The fourth-order valence-electron chi connectivity index (χ4n) is 2.76. The quantitative estimate of drug-likeness (QED) is 0.519. The second-order valence-corrected chi connectivity index (χ2v) is 8.51. The molecule has 0 bridgehead atoms. The predicted molar refractivity (Wildman–Crippen MR) is 117 cm³/mol. The van der Waals surface area contributed by atoms with Crippen molar-refractivity contribution in [1.82, 2.24) is 5.32 Å². The summed E-state index contributed by atoms with van der Waals surface area (Å²) >= 11 is 0. The predicted octanol–water partition coefficient (Wildman–Crippen LogP) is 3.13. The molecule has 30 heavy (non-hydrogen) atoms. The summed E-state index contributed by atoms with van der Waals surface area (Å²) < 4.78 is 38.4. The van der Waals surface area contributed by atoms with Crippen LogP contribution in [0.25, 0.3) is 0 Å². The Labute approximate surface area is 179 Å². The van der Waals surface area contributed by atoms with Gasteiger partial charge in [0.2, 0.25) is 5.91 Å². The van der Waals surface area contributed by atoms with Gasteiger partial charge in [-0.05, 0) is 63.6 Å². The van der Waals surface area contributed by atoms with Gasteiger partial charge in [-0.1, -0.05) is 17.7 Å². The van der Waals surface area contributed by atoms with E-state index in [2.05, 4.69) is 5.32 Å². The molecule has 0 saturated carbocycles. The highest BCUT2D eigenvalue weighted by atomic mass is 32.2. The summed E-state index contributed by atoms with van der Waals surface area (Å²) in [4.78, 5) is 12.6. The van der Waals surface area contributed by atoms with Gasteiger partial charge in [-0.25, -0.2) is 8.42 Å². The number of benzene rings is 2. The molecule has 2 aromatic carbocycles. The van der Waals surface area contributed by atoms with Crippen molar-refractivity contribution in [2.24, 2.45) is 0 Å². The number of sulfonamides is 1. The van der Waals surface area contributed by atoms with E-state index < -0.39 is 10.0 Å². The van der Waals surface area contributed by atoms with Crippen LogP contribution in [0.4, 0.5) is 5.69 Å². The van der Waals surface area contributed by atoms with Crippen molar-refractivity contribution in [2.45, 2.75) is 32.1 Å². The summed E-state index contributed by atoms with van der Waals surface area (Å²) in [5.41, 5.74) is 1.43. The molecule has 7 nitrogen and oxygen atoms in total. The molecular weight excluding hydrogens is 404 g/mol. The Hall–Kier alpha value is -2.58. The molecule has 0 radical (unpaired) electrons. The van der Waals surface area contributed by atoms with Gasteiger partial charge < -0.3 is 14.8 Å². The minimum absolute atomic E-state index is 0.0932. The molecule has 0 aliphatic rings. The first-order valence-corrected chi connectivity index (χ1v) is 11.5. The maximum Gasteiger partial charge on any atom is 0.264 e. The van der Waals surface area contributed by atoms with Crippen LogP contribution in [0, 0.1) is 6.92 Å². The van der Waals surface area contributed by atoms with E-state index in [1.54, 1.807) is 24.3 Å². The highest BCUT2D eigenvalue weighted by Crippen LogP contribution is 2.25. The van der Waals surface area contributed by atoms with Crippen LogP contribution in [0.1, 0.15) is 25.8 Å². The number of hydrogen-bond acceptors (Lipinski definition) is 5. The van der Waals surface area contributed by atoms with Gasteiger partial charge >= 0.3 is 0 Å². The molecule has 0 spiro atoms. The van der Waals surface area contributed by atoms with Gasteiger partial charge in [0.1, 0.15) is 12.3 Å². The average molecular weight is 435 g/mol. The molecule has 0 atom stereocenters. The summed E-state index contributed by atoms with van der Waals surface area (Å²) in [6, 6.07) is 13.2. The first-order valence-electron chi connectivity index (χ1n) is 10.0. The molecule has 164 valence electrons. The number of anilines is 1. The molecule has 8 heteroatoms. The van der Waals surface area contributed by atoms with Crippen LogP contribution >= 0.6 is 0 Å². The van der Waals surface area contributed by atoms with Crippen molar-refractivity contribution < 1.29 is 22.7 Å². The average Bonchev–Trinajstić information content (AvgIpc) is 2.73. The summed E-state index contributed by atoms with van der Waals surface area (Å²) in [7, 11) is -3.94. The van der Waals surface area contributed by atoms with E-state index in [-0.39, 0.29) is 17.3 Å². The molecule has 0 fully saturated rings. The topological polar surface area (TPSA) is 84.9 Å². The normalized spacial score (nSPS) is 11.2. The first-order chi connectivity index (χ1) is 14.4. The lowest BCUT2D eigenvalue weighted by Crippen LogP contribution is -2.41. The van der Waals surface area contributed by atoms with Crippen LogP contribution in [0.15, 0.2) is 53.4 Å². The van der Waals surface area contributed by atoms with Crippen molar-refractivity contribution in [3.63, 3.8) is 0 Å². The molecule has 2 aromatic rings. The Morgan fingerprint density at radius 1 is 1.00 bits per heavy atom. The zero-order valence-electron chi connectivity index (χ0n) is 17.8. The smallest absolute Gasteiger partial charge is 0.264 e. The van der Waals surface area contributed by atoms with E-state index in [0.29, 0.717) is 44.2 Å². The zero-order valence-corrected chi connectivity index (χ0v) is 18.6. The lowest BCUT2D eigenvalue weighted by molar-refractivity contribution is -0.119. The van der Waals surface area contributed by atoms with Crippen molar-refractivity contribution >= 4 is 21.6 Å². The van der Waals surface area contributed by atoms with Crippen LogP contribution < -0.4 is 14.4 Å². The van der Waals surface area contributed by atoms with Gasteiger partial charge in [-0.2, -0.15) is 0 Å². The van der Waals surface area contributed by atoms with Gasteiger partial charge in [0, 0.05) is 19.8 Å². The van der Waals surface area contributed by atoms with Crippen molar-refractivity contribution in [3.8, 4) is 5.75 Å². The Morgan fingerprint density at radius 2 is 1.67 bits per heavy atom. The Kier molecular flexibility index (Phi) is 9.14. The fourth-order valence-corrected chi connectivity index (χ4v) is 4.18. The van der Waals surface area contributed by atoms with E-state index in [0.717, 1.165) is 9.87 Å². The lowest BCUT2D eigenvalue weighted by atomic mass is 10.2. The van der Waals surface area contributed by atoms with Crippen LogP contribution in [0.3, 0.4) is 0 Å². The van der Waals surface area contributed by atoms with Crippen molar-refractivity contribution in [1.29, 1.82) is 0 Å². The first kappa shape index (κ1) is 23.7. The Morgan fingerprint density at radius 3 is 2.27 bits per heavy atom. The third-order valence-electron chi connectivity index (χ3n) is 4.32. The number of amides is 1. The van der Waals surface area contributed by atoms with E-state index in [1.807, 2.05) is 32.9 Å². The fraction of sp³-hybridized carbons (Fsp3) is 0.409. The highest BCUT2D eigenvalue weighted by molar-refractivity contribution is 7.92. The molecule has 2 rings (SSSR count). The number of nitrogens with zero attached hydrogens (tertiary/aromatic N) is 1. The minimum Gasteiger partial charge on any atom is -0.494 e. The van der Waals surface area contributed by atoms with Crippen LogP contribution in [0.5, 0.6) is 5.75 Å². The summed E-state index contributed by atoms with van der Waals surface area (Å²) in [6.07, 6.45) is 0.662. The largest absolute Gasteiger partial charge is 0.494 e. The SMILES string of the molecule is CCOCCCNC(=O)CN(c1ccc(C)cc1)S(=O)(=O)c1ccc(OCC)cc1. The Bertz CT molecular complexity index is 896. The zero-order chi connectivity index (χ0) is 22.0. The number of carbonyl (C=O) groups is 1. The Balaban J connectivity index is 2.22. The monoisotopic (exact) mass is 434 g/mol. The number of aryl methyl sites for hydroxylation is 1. The second-order valence-electron chi connectivity index (χ2n) is 6.65. The number of hydrogen-bond donors (Lipinski definition) is 1. The lowest BCUT2D eigenvalue weighted by Gasteiger charge is -2.24. The summed E-state index contributed by atoms with van der Waals surface area (Å²) in [5.74, 6) is 0.215. The molecule has 1 N–H and O–H groups in total. The summed E-state index contributed by atoms with van der Waals surface area (Å²) in [6.45, 7) is 7.45. The van der Waals surface area contributed by atoms with E-state index in [9.17, 15) is 13.2 Å². The maximum atomic E-state index is 13.3. The molecular formula is C22H30N2O5S. The molecule has 0 heterocycles. The number of nitrogens with one attached hydrogen (secondary N) is 1. The van der Waals surface area contributed by atoms with Crippen LogP contribution in [0.2, 0.25) is 0 Å². The van der Waals surface area contributed by atoms with Crippen LogP contribution in [-0.2, 0) is 19.6 Å². The van der Waals surface area contributed by atoms with Gasteiger partial charge in [0.15, 0.2) is 0 Å². The van der Waals surface area contributed by atoms with E-state index in [4.69, 9.17) is 9.47 Å². The molecule has 0 aliphatic heterocycles. The molecule has 0 aromatic heterocycles. The number of ether oxygens (including phenoxy) is 2. The van der Waals surface area contributed by atoms with E-state index in [1.165, 1.54) is 12.1 Å². The van der Waals surface area contributed by atoms with Gasteiger partial charge in [0.05, 0.1) is 17.2 Å². The molecule has 0 saturated heterocycles. The standard InChI is InChI=1S/C22H30N2O5S/c1-4-28-16-6-15-23-22(25)17-24(19-9-7-18(3)8-10-19)30(26,27)21-13-11-20(12-14-21)29-5-2/h7-14H,4-6,15-17H2,1-3H3,(H,23,25).